The molecule has 3 aromatic carbocycles. The Hall–Kier alpha value is -8.75. The van der Waals surface area contributed by atoms with Gasteiger partial charge in [-0.1, -0.05) is 118 Å². The molecule has 5 rings (SSSR count). The van der Waals surface area contributed by atoms with Gasteiger partial charge in [0, 0.05) is 75.3 Å². The van der Waals surface area contributed by atoms with E-state index in [1.165, 1.54) is 22.0 Å². The predicted molar refractivity (Wildman–Crippen MR) is 375 cm³/mol. The van der Waals surface area contributed by atoms with Gasteiger partial charge in [0.05, 0.1) is 42.7 Å². The van der Waals surface area contributed by atoms with Crippen LogP contribution in [0.4, 0.5) is 21.9 Å². The summed E-state index contributed by atoms with van der Waals surface area (Å²) < 4.78 is 0. The maximum Gasteiger partial charge on any atom is 0.312 e. The highest BCUT2D eigenvalue weighted by Crippen LogP contribution is 2.29. The van der Waals surface area contributed by atoms with Gasteiger partial charge in [-0.15, -0.1) is 0 Å². The summed E-state index contributed by atoms with van der Waals surface area (Å²) in [5.41, 5.74) is 8.46. The lowest BCUT2D eigenvalue weighted by Gasteiger charge is -2.40. The number of carbonyl (C=O) groups excluding carboxylic acids is 11. The van der Waals surface area contributed by atoms with Crippen molar-refractivity contribution in [2.45, 2.75) is 194 Å². The minimum atomic E-state index is -1.34. The number of aliphatic hydroxyl groups is 2. The van der Waals surface area contributed by atoms with Crippen LogP contribution in [-0.4, -0.2) is 190 Å². The Kier molecular flexibility index (Phi) is 31.8. The first-order valence-corrected chi connectivity index (χ1v) is 34.4. The number of hydrogen-bond acceptors (Lipinski definition) is 15. The SMILES string of the molecule is CC[C@H](C)[C@@H]([C@H](O)CC(=O)N1CCC[C@H]1[C@H](O)[C@@H](C)C(=O)N[C@@H](Cc1ccccc1)C(=O)Nc1ccc(NCc2ccc(NC(=O)[C@H](CCCNC(N)=O)NC(=O)C(NC(=O)CCCCCN3C(=O)C=CC3=O)C(C)C)cc2)cc1)N(C)C(=O)[C@@H](NC(=O)[C@H](C(C)C)N(C)C)C(C)C. The highest BCUT2D eigenvalue weighted by Gasteiger charge is 2.43. The molecule has 98 heavy (non-hydrogen) atoms. The fourth-order valence-corrected chi connectivity index (χ4v) is 12.5. The maximum atomic E-state index is 14.3. The number of nitrogens with one attached hydrogen (secondary N) is 8. The van der Waals surface area contributed by atoms with Crippen LogP contribution in [0.2, 0.25) is 0 Å². The van der Waals surface area contributed by atoms with Crippen molar-refractivity contribution in [2.24, 2.45) is 35.3 Å². The molecule has 0 spiro atoms. The van der Waals surface area contributed by atoms with Crippen LogP contribution in [0.1, 0.15) is 138 Å². The fraction of sp³-hybridized carbons (Fsp3) is 0.569. The lowest BCUT2D eigenvalue weighted by Crippen LogP contribution is -2.59. The maximum absolute atomic E-state index is 14.3. The molecular weight excluding hydrogens is 1250 g/mol. The molecule has 0 radical (unpaired) electrons. The number of hydrogen-bond donors (Lipinski definition) is 11. The standard InChI is InChI=1S/C72H107N13O13/c1-13-46(8)64(83(12)71(97)62(44(4)5)81-70(96)63(45(6)7)82(10)11)56(86)41-60(90)84-39-21-25-55(84)65(91)47(9)66(92)79-54(40-48-22-16-14-17-23-48)68(94)77-52-33-31-50(32-34-52)75-42-49-27-29-51(30-28-49)76-67(93)53(24-20-37-74-72(73)98)78-69(95)61(43(2)3)80-57(87)26-18-15-19-38-85-58(88)35-36-59(85)89/h14,16-17,22-23,27-36,43-47,53-56,61-65,75,86,91H,13,15,18-21,24-26,37-42H2,1-12H3,(H,76,93)(H,77,94)(H,78,95)(H,79,92)(H,80,87)(H,81,96)(H3,73,74,98)/t46-,47+,53-,54-,55-,56+,61?,62-,63-,64-,65+/m0/s1. The minimum Gasteiger partial charge on any atom is -0.390 e. The normalized spacial score (nSPS) is 16.9. The molecule has 1 saturated heterocycles. The molecule has 2 aliphatic rings. The van der Waals surface area contributed by atoms with Gasteiger partial charge in [-0.25, -0.2) is 4.79 Å². The zero-order valence-corrected chi connectivity index (χ0v) is 59.1. The first-order chi connectivity index (χ1) is 46.4. The lowest BCUT2D eigenvalue weighted by molar-refractivity contribution is -0.146. The van der Waals surface area contributed by atoms with Gasteiger partial charge < -0.3 is 68.3 Å². The van der Waals surface area contributed by atoms with Gasteiger partial charge in [0.15, 0.2) is 0 Å². The Labute approximate surface area is 577 Å². The highest BCUT2D eigenvalue weighted by molar-refractivity contribution is 6.12. The summed E-state index contributed by atoms with van der Waals surface area (Å²) >= 11 is 0. The number of nitrogens with zero attached hydrogens (tertiary/aromatic N) is 4. The molecule has 26 heteroatoms. The summed E-state index contributed by atoms with van der Waals surface area (Å²) in [4.78, 5) is 152. The van der Waals surface area contributed by atoms with Crippen LogP contribution in [-0.2, 0) is 60.9 Å². The molecule has 0 bridgehead atoms. The summed E-state index contributed by atoms with van der Waals surface area (Å²) in [5, 5.41) is 46.8. The van der Waals surface area contributed by atoms with Crippen molar-refractivity contribution in [3.05, 3.63) is 102 Å². The van der Waals surface area contributed by atoms with E-state index in [2.05, 4.69) is 42.5 Å². The molecule has 12 amide bonds. The number of urea groups is 1. The van der Waals surface area contributed by atoms with Crippen molar-refractivity contribution in [1.29, 1.82) is 0 Å². The second-order valence-electron chi connectivity index (χ2n) is 27.2. The molecule has 0 aliphatic carbocycles. The van der Waals surface area contributed by atoms with Crippen LogP contribution < -0.4 is 48.3 Å². The summed E-state index contributed by atoms with van der Waals surface area (Å²) in [5.74, 6) is -6.42. The van der Waals surface area contributed by atoms with Crippen molar-refractivity contribution in [2.75, 3.05) is 56.7 Å². The summed E-state index contributed by atoms with van der Waals surface area (Å²) in [6, 6.07) is 16.4. The van der Waals surface area contributed by atoms with Crippen LogP contribution >= 0.6 is 0 Å². The van der Waals surface area contributed by atoms with Crippen LogP contribution in [0.15, 0.2) is 91.0 Å². The average molecular weight is 1360 g/mol. The van der Waals surface area contributed by atoms with Crippen LogP contribution in [0, 0.1) is 29.6 Å². The number of carbonyl (C=O) groups is 11. The van der Waals surface area contributed by atoms with E-state index in [-0.39, 0.29) is 105 Å². The van der Waals surface area contributed by atoms with E-state index in [1.807, 2.05) is 103 Å². The number of likely N-dealkylation sites (N-methyl/N-ethyl adjacent to an activating group) is 2. The van der Waals surface area contributed by atoms with Crippen molar-refractivity contribution in [3.63, 3.8) is 0 Å². The van der Waals surface area contributed by atoms with Crippen molar-refractivity contribution < 1.29 is 63.0 Å². The molecule has 0 aromatic heterocycles. The number of anilines is 3. The molecule has 1 unspecified atom stereocenters. The average Bonchev–Trinajstić information content (AvgIpc) is 1.35. The summed E-state index contributed by atoms with van der Waals surface area (Å²) in [7, 11) is 5.20. The fourth-order valence-electron chi connectivity index (χ4n) is 12.5. The first kappa shape index (κ1) is 79.9. The molecule has 538 valence electrons. The van der Waals surface area contributed by atoms with E-state index in [0.717, 1.165) is 16.0 Å². The van der Waals surface area contributed by atoms with Gasteiger partial charge >= 0.3 is 6.03 Å². The summed E-state index contributed by atoms with van der Waals surface area (Å²) in [6.45, 7) is 17.5. The third-order valence-corrected chi connectivity index (χ3v) is 18.3. The monoisotopic (exact) mass is 1360 g/mol. The molecule has 12 N–H and O–H groups in total. The number of primary amides is 1. The van der Waals surface area contributed by atoms with E-state index in [9.17, 15) is 63.0 Å². The predicted octanol–water partition coefficient (Wildman–Crippen LogP) is 4.80. The van der Waals surface area contributed by atoms with Crippen molar-refractivity contribution in [1.82, 2.24) is 46.2 Å². The van der Waals surface area contributed by atoms with Crippen LogP contribution in [0.3, 0.4) is 0 Å². The van der Waals surface area contributed by atoms with E-state index >= 15 is 0 Å². The second kappa shape index (κ2) is 39.0. The van der Waals surface area contributed by atoms with E-state index in [4.69, 9.17) is 5.73 Å². The van der Waals surface area contributed by atoms with Crippen LogP contribution in [0.5, 0.6) is 0 Å². The Morgan fingerprint density at radius 1 is 0.633 bits per heavy atom. The third kappa shape index (κ3) is 24.1. The lowest BCUT2D eigenvalue weighted by atomic mass is 9.89. The minimum absolute atomic E-state index is 0.0290. The van der Waals surface area contributed by atoms with Crippen LogP contribution in [0.25, 0.3) is 0 Å². The highest BCUT2D eigenvalue weighted by atomic mass is 16.3. The number of nitrogens with two attached hydrogens (primary N) is 1. The summed E-state index contributed by atoms with van der Waals surface area (Å²) in [6.07, 6.45) is 3.13. The zero-order valence-electron chi connectivity index (χ0n) is 59.1. The van der Waals surface area contributed by atoms with E-state index in [0.29, 0.717) is 62.1 Å². The smallest absolute Gasteiger partial charge is 0.312 e. The molecule has 2 aliphatic heterocycles. The third-order valence-electron chi connectivity index (χ3n) is 18.3. The zero-order chi connectivity index (χ0) is 72.5. The van der Waals surface area contributed by atoms with Crippen molar-refractivity contribution >= 4 is 82.2 Å². The number of aliphatic hydroxyl groups excluding tert-OH is 2. The molecule has 0 saturated carbocycles. The number of rotatable bonds is 39. The Balaban J connectivity index is 1.16. The molecule has 3 aromatic rings. The van der Waals surface area contributed by atoms with Gasteiger partial charge in [0.1, 0.15) is 24.2 Å². The number of amides is 12. The van der Waals surface area contributed by atoms with Gasteiger partial charge in [0.2, 0.25) is 47.3 Å². The van der Waals surface area contributed by atoms with Gasteiger partial charge in [-0.05, 0) is 124 Å². The largest absolute Gasteiger partial charge is 0.390 e. The molecule has 1 fully saturated rings. The van der Waals surface area contributed by atoms with Gasteiger partial charge in [0.25, 0.3) is 11.8 Å². The van der Waals surface area contributed by atoms with Gasteiger partial charge in [-0.2, -0.15) is 0 Å². The molecule has 26 nitrogen and oxygen atoms in total. The molecule has 11 atom stereocenters. The number of unbranched alkanes of at least 4 members (excludes halogenated alkanes) is 2. The van der Waals surface area contributed by atoms with E-state index < -0.39 is 96.0 Å². The second-order valence-corrected chi connectivity index (χ2v) is 27.2. The number of imide groups is 1. The quantitative estimate of drug-likeness (QED) is 0.0270. The van der Waals surface area contributed by atoms with E-state index in [1.54, 1.807) is 64.2 Å². The van der Waals surface area contributed by atoms with Crippen molar-refractivity contribution in [3.8, 4) is 0 Å². The topological polar surface area (TPSA) is 363 Å². The Morgan fingerprint density at radius 2 is 1.21 bits per heavy atom. The Morgan fingerprint density at radius 3 is 1.79 bits per heavy atom. The number of benzene rings is 3. The molecular formula is C72H107N13O13. The molecule has 2 heterocycles. The van der Waals surface area contributed by atoms with Gasteiger partial charge in [-0.3, -0.25) is 57.7 Å². The Bertz CT molecular complexity index is 3180. The number of likely N-dealkylation sites (tertiary alicyclic amines) is 1. The first-order valence-electron chi connectivity index (χ1n) is 34.4.